The molecule has 0 fully saturated rings. The molecule has 0 spiro atoms. The number of esters is 4. The number of carboxylic acid groups (broad SMARTS) is 1. The summed E-state index contributed by atoms with van der Waals surface area (Å²) in [5, 5.41) is 55.2. The summed E-state index contributed by atoms with van der Waals surface area (Å²) in [5.41, 5.74) is -6.13. The first-order valence-corrected chi connectivity index (χ1v) is 40.2. The van der Waals surface area contributed by atoms with Crippen LogP contribution in [-0.2, 0) is 84.5 Å². The van der Waals surface area contributed by atoms with Gasteiger partial charge in [-0.1, -0.05) is 165 Å². The minimum atomic E-state index is -2.84. The summed E-state index contributed by atoms with van der Waals surface area (Å²) in [6.45, 7) is 24.5. The number of nitrogens with one attached hydrogen (secondary N) is 2. The zero-order valence-corrected chi connectivity index (χ0v) is 70.2. The number of Topliss-reactive ketones (excluding diaryl/α,β-unsaturated/α-hetero) is 4. The summed E-state index contributed by atoms with van der Waals surface area (Å²) in [7, 11) is 2.41. The predicted molar refractivity (Wildman–Crippen MR) is 436 cm³/mol. The molecule has 0 radical (unpaired) electrons. The Morgan fingerprint density at radius 3 is 1.12 bits per heavy atom. The maximum atomic E-state index is 14.1. The van der Waals surface area contributed by atoms with Crippen LogP contribution >= 0.6 is 0 Å². The molecule has 0 aliphatic rings. The van der Waals surface area contributed by atoms with Crippen LogP contribution in [0.15, 0.2) is 72.8 Å². The molecule has 632 valence electrons. The van der Waals surface area contributed by atoms with Crippen LogP contribution in [0.3, 0.4) is 0 Å². The number of aliphatic carboxylic acids is 1. The average molecular weight is 1580 g/mol. The Bertz CT molecular complexity index is 3340. The summed E-state index contributed by atoms with van der Waals surface area (Å²) >= 11 is 0. The number of nitriles is 1. The fourth-order valence-electron chi connectivity index (χ4n) is 11.5. The van der Waals surface area contributed by atoms with E-state index in [9.17, 15) is 73.2 Å². The number of ether oxygens (including phenoxy) is 6. The van der Waals surface area contributed by atoms with Crippen molar-refractivity contribution >= 4 is 64.8 Å². The summed E-state index contributed by atoms with van der Waals surface area (Å²) in [6, 6.07) is 11.3. The molecular weight excluding hydrogens is 1450 g/mol. The van der Waals surface area contributed by atoms with Gasteiger partial charge in [0.15, 0.2) is 22.8 Å². The van der Waals surface area contributed by atoms with Crippen molar-refractivity contribution in [3.05, 3.63) is 84.0 Å². The van der Waals surface area contributed by atoms with E-state index in [2.05, 4.69) is 59.5 Å². The first-order chi connectivity index (χ1) is 53.8. The molecule has 113 heavy (non-hydrogen) atoms. The molecular formula is C89H135N3O21. The van der Waals surface area contributed by atoms with Crippen molar-refractivity contribution in [2.45, 2.75) is 323 Å². The van der Waals surface area contributed by atoms with Crippen LogP contribution in [0.4, 0.5) is 0 Å². The number of rotatable bonds is 56. The first-order valence-electron chi connectivity index (χ1n) is 40.2. The van der Waals surface area contributed by atoms with Crippen LogP contribution < -0.4 is 20.1 Å². The molecule has 0 saturated heterocycles. The molecule has 2 amide bonds. The Balaban J connectivity index is 0. The number of hydrogen-bond donors (Lipinski definition) is 6. The highest BCUT2D eigenvalue weighted by molar-refractivity contribution is 5.98. The summed E-state index contributed by atoms with van der Waals surface area (Å²) < 4.78 is 31.4. The van der Waals surface area contributed by atoms with Crippen molar-refractivity contribution in [3.8, 4) is 41.8 Å². The van der Waals surface area contributed by atoms with Gasteiger partial charge in [0.2, 0.25) is 11.8 Å². The van der Waals surface area contributed by atoms with Crippen molar-refractivity contribution in [2.75, 3.05) is 34.0 Å². The van der Waals surface area contributed by atoms with Gasteiger partial charge in [0, 0.05) is 58.1 Å². The van der Waals surface area contributed by atoms with E-state index in [4.69, 9.17) is 28.9 Å². The zero-order chi connectivity index (χ0) is 85.7. The molecule has 2 aromatic carbocycles. The van der Waals surface area contributed by atoms with Crippen LogP contribution in [0, 0.1) is 47.4 Å². The van der Waals surface area contributed by atoms with Crippen LogP contribution in [0.1, 0.15) is 287 Å². The molecule has 0 saturated carbocycles. The monoisotopic (exact) mass is 1580 g/mol. The number of aliphatic hydroxyl groups excluding tert-OH is 1. The molecule has 2 aromatic rings. The topological polar surface area (TPSA) is 372 Å². The average Bonchev–Trinajstić information content (AvgIpc) is 0.796. The second-order valence-corrected chi connectivity index (χ2v) is 29.4. The highest BCUT2D eigenvalue weighted by Crippen LogP contribution is 2.32. The van der Waals surface area contributed by atoms with Gasteiger partial charge in [-0.15, -0.1) is 11.8 Å². The summed E-state index contributed by atoms with van der Waals surface area (Å²) in [4.78, 5) is 142. The molecule has 0 aliphatic heterocycles. The number of allylic oxidation sites excluding steroid dienone is 2. The number of hydrogen-bond acceptors (Lipinski definition) is 21. The second kappa shape index (κ2) is 62.4. The number of unbranched alkanes of at least 4 members (excludes halogenated alkanes) is 16. The SMILES string of the molecule is C#N.CC.CC#CCOc1ccc(C[C@H](NC(=O)[C@@H](/C=C/CCCCCCC(=O)CCCCCCC)[C@@](O)(CC(=O)O)C(=O)OC(C)(C)C)C(=O)CCC(=O)OC)cc1.CC#CCOc1ccc(C[C@H](NC(=O)[C@@H](/C=C/CCCCCCC(=O)CCCCCCC)[C@@](O)(CCO)C(=O)OC(C)(C)C)C(=O)CCC(=O)OC)cc1. The van der Waals surface area contributed by atoms with Gasteiger partial charge < -0.3 is 59.5 Å². The largest absolute Gasteiger partial charge is 0.481 e. The third kappa shape index (κ3) is 49.3. The van der Waals surface area contributed by atoms with E-state index in [1.54, 1.807) is 116 Å². The maximum Gasteiger partial charge on any atom is 0.340 e. The van der Waals surface area contributed by atoms with Gasteiger partial charge in [-0.05, 0) is 155 Å². The van der Waals surface area contributed by atoms with E-state index in [1.165, 1.54) is 52.1 Å². The van der Waals surface area contributed by atoms with Crippen molar-refractivity contribution in [1.29, 1.82) is 5.26 Å². The molecule has 0 unspecified atom stereocenters. The number of carboxylic acids is 1. The van der Waals surface area contributed by atoms with E-state index < -0.39 is 119 Å². The van der Waals surface area contributed by atoms with E-state index in [-0.39, 0.29) is 57.5 Å². The number of aliphatic hydroxyl groups is 3. The number of ketones is 4. The summed E-state index contributed by atoms with van der Waals surface area (Å²) in [6.07, 6.45) is 24.2. The summed E-state index contributed by atoms with van der Waals surface area (Å²) in [5.74, 6) is 1.57. The molecule has 0 heterocycles. The number of methoxy groups -OCH3 is 2. The van der Waals surface area contributed by atoms with Gasteiger partial charge in [0.05, 0.1) is 57.4 Å². The Morgan fingerprint density at radius 2 is 0.814 bits per heavy atom. The lowest BCUT2D eigenvalue weighted by Crippen LogP contribution is -2.56. The number of nitrogens with zero attached hydrogens (tertiary/aromatic N) is 1. The molecule has 6 N–H and O–H groups in total. The minimum absolute atomic E-state index is 0.0254. The molecule has 0 aromatic heterocycles. The highest BCUT2D eigenvalue weighted by Gasteiger charge is 2.52. The van der Waals surface area contributed by atoms with E-state index >= 15 is 0 Å². The van der Waals surface area contributed by atoms with Gasteiger partial charge >= 0.3 is 29.8 Å². The lowest BCUT2D eigenvalue weighted by Gasteiger charge is -2.34. The van der Waals surface area contributed by atoms with Crippen LogP contribution in [0.25, 0.3) is 0 Å². The van der Waals surface area contributed by atoms with Gasteiger partial charge in [-0.25, -0.2) is 14.9 Å². The van der Waals surface area contributed by atoms with Gasteiger partial charge in [0.1, 0.15) is 47.5 Å². The predicted octanol–water partition coefficient (Wildman–Crippen LogP) is 14.3. The normalized spacial score (nSPS) is 13.1. The molecule has 24 nitrogen and oxygen atoms in total. The second-order valence-electron chi connectivity index (χ2n) is 29.4. The van der Waals surface area contributed by atoms with Gasteiger partial charge in [0.25, 0.3) is 0 Å². The Hall–Kier alpha value is -9.02. The molecule has 0 bridgehead atoms. The number of benzene rings is 2. The maximum absolute atomic E-state index is 14.1. The number of amides is 2. The quantitative estimate of drug-likeness (QED) is 0.0118. The zero-order valence-electron chi connectivity index (χ0n) is 70.2. The minimum Gasteiger partial charge on any atom is -0.481 e. The Labute approximate surface area is 673 Å². The van der Waals surface area contributed by atoms with E-state index in [0.29, 0.717) is 73.4 Å². The van der Waals surface area contributed by atoms with E-state index in [0.717, 1.165) is 83.5 Å². The lowest BCUT2D eigenvalue weighted by molar-refractivity contribution is -0.187. The van der Waals surface area contributed by atoms with Crippen LogP contribution in [0.2, 0.25) is 0 Å². The Kier molecular flexibility index (Phi) is 58.6. The highest BCUT2D eigenvalue weighted by atomic mass is 16.6. The third-order valence-corrected chi connectivity index (χ3v) is 17.7. The molecule has 24 heteroatoms. The Morgan fingerprint density at radius 1 is 0.487 bits per heavy atom. The molecule has 6 atom stereocenters. The van der Waals surface area contributed by atoms with E-state index in [1.807, 2.05) is 13.8 Å². The standard InChI is InChI=1S/C43H63NO11.C43H65NO10.C2H6.CHN/c1-7-9-11-14-17-20-33(45)21-18-15-12-13-16-19-22-35(43(52,31-38(47)48)41(51)55-42(3,4)5)40(50)44-36(37(46)27-28-39(49)53-6)30-32-23-25-34(26-24-32)54-29-10-8-2;1-7-9-11-14-17-20-34(46)21-18-15-12-13-16-19-22-36(43(51,29-30-45)41(50)54-42(3,4)5)40(49)44-37(38(47)27-28-39(48)52-6)32-33-23-25-35(26-24-33)53-31-10-8-2;2*1-2/h19,22-26,35-36,52H,7,9,11-18,20-21,27-31H2,1-6H3,(H,44,50)(H,47,48);19,22-26,36-37,45,51H,7,9,11-18,20-21,27-32H2,1-6H3,(H,44,49);1-2H3;1H/b2*22-19+;;/t35-,36+,43+;36-,37+,43+;;/m11../s1. The number of carbonyl (C=O) groups excluding carboxylic acids is 10. The van der Waals surface area contributed by atoms with Crippen LogP contribution in [0.5, 0.6) is 11.5 Å². The van der Waals surface area contributed by atoms with Gasteiger partial charge in [-0.3, -0.25) is 43.2 Å². The van der Waals surface area contributed by atoms with Gasteiger partial charge in [-0.2, -0.15) is 0 Å². The van der Waals surface area contributed by atoms with Crippen molar-refractivity contribution < 1.29 is 102 Å². The number of carbonyl (C=O) groups is 11. The fraction of sp³-hybridized carbons (Fsp3) is 0.640. The lowest BCUT2D eigenvalue weighted by atomic mass is 9.82. The van der Waals surface area contributed by atoms with Crippen molar-refractivity contribution in [2.24, 2.45) is 11.8 Å². The molecule has 2 rings (SSSR count). The van der Waals surface area contributed by atoms with Crippen molar-refractivity contribution in [1.82, 2.24) is 10.6 Å². The van der Waals surface area contributed by atoms with Crippen LogP contribution in [-0.4, -0.2) is 154 Å². The fourth-order valence-corrected chi connectivity index (χ4v) is 11.5. The smallest absolute Gasteiger partial charge is 0.340 e. The van der Waals surface area contributed by atoms with Crippen molar-refractivity contribution in [3.63, 3.8) is 0 Å². The molecule has 0 aliphatic carbocycles. The third-order valence-electron chi connectivity index (χ3n) is 17.7. The first kappa shape index (κ1) is 106.